The van der Waals surface area contributed by atoms with Gasteiger partial charge < -0.3 is 10.6 Å². The molecule has 0 radical (unpaired) electrons. The molecule has 0 unspecified atom stereocenters. The standard InChI is InChI=1S/C16H21N3O3S.ClH/c1-3-17-11(2)8-18-15(21)13-6-4-5-12(7-13)9-19-14(20)10-23-16(19)22;/h4-7,11,17H,3,8-10H2,1-2H3,(H,18,21);1H/t11-;/m1./s1. The molecule has 3 amide bonds. The maximum Gasteiger partial charge on any atom is 0.289 e. The van der Waals surface area contributed by atoms with Crippen molar-refractivity contribution in [2.24, 2.45) is 0 Å². The summed E-state index contributed by atoms with van der Waals surface area (Å²) in [7, 11) is 0. The molecule has 0 bridgehead atoms. The highest BCUT2D eigenvalue weighted by Gasteiger charge is 2.29. The Kier molecular flexibility index (Phi) is 8.24. The van der Waals surface area contributed by atoms with E-state index >= 15 is 0 Å². The van der Waals surface area contributed by atoms with Crippen molar-refractivity contribution in [2.75, 3.05) is 18.8 Å². The third-order valence-corrected chi connectivity index (χ3v) is 4.35. The second-order valence-corrected chi connectivity index (χ2v) is 6.33. The molecule has 1 saturated heterocycles. The van der Waals surface area contributed by atoms with Crippen LogP contribution < -0.4 is 10.6 Å². The first-order chi connectivity index (χ1) is 11.0. The smallest absolute Gasteiger partial charge is 0.289 e. The van der Waals surface area contributed by atoms with E-state index in [1.165, 1.54) is 4.90 Å². The van der Waals surface area contributed by atoms with Gasteiger partial charge in [-0.3, -0.25) is 19.3 Å². The quantitative estimate of drug-likeness (QED) is 0.766. The van der Waals surface area contributed by atoms with E-state index in [0.717, 1.165) is 23.9 Å². The number of hydrogen-bond acceptors (Lipinski definition) is 5. The molecule has 1 aliphatic heterocycles. The molecule has 2 N–H and O–H groups in total. The van der Waals surface area contributed by atoms with Crippen LogP contribution in [-0.4, -0.2) is 46.8 Å². The minimum Gasteiger partial charge on any atom is -0.350 e. The molecule has 24 heavy (non-hydrogen) atoms. The number of nitrogens with one attached hydrogen (secondary N) is 2. The lowest BCUT2D eigenvalue weighted by molar-refractivity contribution is -0.125. The predicted molar refractivity (Wildman–Crippen MR) is 97.6 cm³/mol. The van der Waals surface area contributed by atoms with Gasteiger partial charge in [-0.15, -0.1) is 12.4 Å². The fraction of sp³-hybridized carbons (Fsp3) is 0.438. The van der Waals surface area contributed by atoms with E-state index in [1.807, 2.05) is 19.9 Å². The Balaban J connectivity index is 0.00000288. The topological polar surface area (TPSA) is 78.5 Å². The van der Waals surface area contributed by atoms with E-state index in [0.29, 0.717) is 12.1 Å². The summed E-state index contributed by atoms with van der Waals surface area (Å²) in [5, 5.41) is 5.86. The molecule has 0 spiro atoms. The normalized spacial score (nSPS) is 15.2. The molecule has 1 aromatic carbocycles. The van der Waals surface area contributed by atoms with Gasteiger partial charge in [0, 0.05) is 18.2 Å². The molecule has 0 saturated carbocycles. The molecule has 6 nitrogen and oxygen atoms in total. The van der Waals surface area contributed by atoms with Crippen LogP contribution in [0.5, 0.6) is 0 Å². The molecule has 0 aliphatic carbocycles. The highest BCUT2D eigenvalue weighted by molar-refractivity contribution is 8.14. The monoisotopic (exact) mass is 371 g/mol. The summed E-state index contributed by atoms with van der Waals surface area (Å²) in [6.45, 7) is 5.61. The maximum atomic E-state index is 12.2. The van der Waals surface area contributed by atoms with Gasteiger partial charge in [0.05, 0.1) is 12.3 Å². The van der Waals surface area contributed by atoms with Crippen LogP contribution in [0.2, 0.25) is 0 Å². The van der Waals surface area contributed by atoms with E-state index in [1.54, 1.807) is 18.2 Å². The molecule has 1 atom stereocenters. The Hall–Kier alpha value is -1.57. The van der Waals surface area contributed by atoms with Gasteiger partial charge >= 0.3 is 0 Å². The van der Waals surface area contributed by atoms with E-state index in [2.05, 4.69) is 10.6 Å². The van der Waals surface area contributed by atoms with Gasteiger partial charge in [-0.1, -0.05) is 30.8 Å². The van der Waals surface area contributed by atoms with Crippen LogP contribution >= 0.6 is 24.2 Å². The zero-order chi connectivity index (χ0) is 16.8. The average Bonchev–Trinajstić information content (AvgIpc) is 2.85. The summed E-state index contributed by atoms with van der Waals surface area (Å²) < 4.78 is 0. The van der Waals surface area contributed by atoms with E-state index < -0.39 is 0 Å². The lowest BCUT2D eigenvalue weighted by Crippen LogP contribution is -2.38. The molecule has 8 heteroatoms. The second-order valence-electron chi connectivity index (χ2n) is 5.40. The lowest BCUT2D eigenvalue weighted by atomic mass is 10.1. The number of halogens is 1. The number of carbonyl (C=O) groups excluding carboxylic acids is 3. The van der Waals surface area contributed by atoms with E-state index in [9.17, 15) is 14.4 Å². The van der Waals surface area contributed by atoms with Gasteiger partial charge in [0.15, 0.2) is 0 Å². The maximum absolute atomic E-state index is 12.2. The number of rotatable bonds is 7. The minimum atomic E-state index is -0.232. The average molecular weight is 372 g/mol. The number of amides is 3. The van der Waals surface area contributed by atoms with Crippen molar-refractivity contribution in [2.45, 2.75) is 26.4 Å². The van der Waals surface area contributed by atoms with Crippen molar-refractivity contribution in [3.63, 3.8) is 0 Å². The zero-order valence-corrected chi connectivity index (χ0v) is 15.3. The summed E-state index contributed by atoms with van der Waals surface area (Å²) >= 11 is 1.01. The number of carbonyl (C=O) groups is 3. The van der Waals surface area contributed by atoms with Gasteiger partial charge in [-0.25, -0.2) is 0 Å². The van der Waals surface area contributed by atoms with Crippen LogP contribution in [0.15, 0.2) is 24.3 Å². The largest absolute Gasteiger partial charge is 0.350 e. The van der Waals surface area contributed by atoms with E-state index in [4.69, 9.17) is 0 Å². The molecule has 2 rings (SSSR count). The van der Waals surface area contributed by atoms with Gasteiger partial charge in [0.25, 0.3) is 11.1 Å². The number of benzene rings is 1. The molecular formula is C16H22ClN3O3S. The van der Waals surface area contributed by atoms with Crippen LogP contribution in [0.4, 0.5) is 4.79 Å². The Bertz CT molecular complexity index is 596. The number of likely N-dealkylation sites (N-methyl/N-ethyl adjacent to an activating group) is 1. The number of thioether (sulfide) groups is 1. The fourth-order valence-corrected chi connectivity index (χ4v) is 3.02. The summed E-state index contributed by atoms with van der Waals surface area (Å²) in [5.74, 6) is -0.152. The van der Waals surface area contributed by atoms with Gasteiger partial charge in [0.1, 0.15) is 0 Å². The SMILES string of the molecule is CCN[C@H](C)CNC(=O)c1cccc(CN2C(=O)CSC2=O)c1.Cl. The second kappa shape index (κ2) is 9.66. The third kappa shape index (κ3) is 5.51. The Morgan fingerprint density at radius 3 is 2.75 bits per heavy atom. The molecule has 0 aromatic heterocycles. The summed E-state index contributed by atoms with van der Waals surface area (Å²) in [5.41, 5.74) is 1.29. The molecular weight excluding hydrogens is 350 g/mol. The van der Waals surface area contributed by atoms with Crippen molar-refractivity contribution in [1.82, 2.24) is 15.5 Å². The summed E-state index contributed by atoms with van der Waals surface area (Å²) in [6, 6.07) is 7.21. The number of imide groups is 1. The van der Waals surface area contributed by atoms with Gasteiger partial charge in [-0.2, -0.15) is 0 Å². The fourth-order valence-electron chi connectivity index (χ4n) is 2.30. The minimum absolute atomic E-state index is 0. The number of nitrogens with zero attached hydrogens (tertiary/aromatic N) is 1. The zero-order valence-electron chi connectivity index (χ0n) is 13.7. The molecule has 132 valence electrons. The Morgan fingerprint density at radius 1 is 1.38 bits per heavy atom. The van der Waals surface area contributed by atoms with Crippen LogP contribution in [0, 0.1) is 0 Å². The van der Waals surface area contributed by atoms with Crippen molar-refractivity contribution >= 4 is 41.2 Å². The molecule has 1 aromatic rings. The Morgan fingerprint density at radius 2 is 2.12 bits per heavy atom. The predicted octanol–water partition coefficient (Wildman–Crippen LogP) is 2.03. The molecule has 1 heterocycles. The number of hydrogen-bond donors (Lipinski definition) is 2. The van der Waals surface area contributed by atoms with Gasteiger partial charge in [0.2, 0.25) is 5.91 Å². The molecule has 1 fully saturated rings. The van der Waals surface area contributed by atoms with Gasteiger partial charge in [-0.05, 0) is 31.2 Å². The first-order valence-electron chi connectivity index (χ1n) is 7.59. The van der Waals surface area contributed by atoms with Crippen LogP contribution in [-0.2, 0) is 11.3 Å². The third-order valence-electron chi connectivity index (χ3n) is 3.49. The Labute approximate surface area is 152 Å². The van der Waals surface area contributed by atoms with Crippen molar-refractivity contribution < 1.29 is 14.4 Å². The highest BCUT2D eigenvalue weighted by atomic mass is 35.5. The van der Waals surface area contributed by atoms with Crippen molar-refractivity contribution in [1.29, 1.82) is 0 Å². The summed E-state index contributed by atoms with van der Waals surface area (Å²) in [6.07, 6.45) is 0. The lowest BCUT2D eigenvalue weighted by Gasteiger charge is -2.15. The van der Waals surface area contributed by atoms with Crippen molar-refractivity contribution in [3.8, 4) is 0 Å². The van der Waals surface area contributed by atoms with E-state index in [-0.39, 0.29) is 47.8 Å². The van der Waals surface area contributed by atoms with Crippen LogP contribution in [0.3, 0.4) is 0 Å². The molecule has 1 aliphatic rings. The van der Waals surface area contributed by atoms with Crippen molar-refractivity contribution in [3.05, 3.63) is 35.4 Å². The van der Waals surface area contributed by atoms with Crippen LogP contribution in [0.1, 0.15) is 29.8 Å². The highest BCUT2D eigenvalue weighted by Crippen LogP contribution is 2.21. The first kappa shape index (κ1) is 20.5. The van der Waals surface area contributed by atoms with Crippen LogP contribution in [0.25, 0.3) is 0 Å². The first-order valence-corrected chi connectivity index (χ1v) is 8.57. The summed E-state index contributed by atoms with van der Waals surface area (Å²) in [4.78, 5) is 36.7.